The molecule has 0 unspecified atom stereocenters. The van der Waals surface area contributed by atoms with Crippen LogP contribution in [-0.2, 0) is 6.54 Å². The Labute approximate surface area is 197 Å². The number of amides is 1. The minimum Gasteiger partial charge on any atom is -0.435 e. The highest BCUT2D eigenvalue weighted by Gasteiger charge is 2.18. The predicted octanol–water partition coefficient (Wildman–Crippen LogP) is 5.58. The number of aromatic nitrogens is 4. The SMILES string of the molecule is Cc1nn(Cc2ccc(F)cc2Cl)c(C)c1NC(=O)c1cc(-c2ccc(OC(F)F)cc2)n[nH]1. The van der Waals surface area contributed by atoms with Crippen molar-refractivity contribution in [1.82, 2.24) is 20.0 Å². The zero-order valence-corrected chi connectivity index (χ0v) is 18.8. The number of benzene rings is 2. The van der Waals surface area contributed by atoms with Crippen LogP contribution in [0.3, 0.4) is 0 Å². The standard InChI is InChI=1S/C23H19ClF3N5O2/c1-12-21(13(2)32(31-12)11-15-3-6-16(25)9-18(15)24)28-22(33)20-10-19(29-30-20)14-4-7-17(8-5-14)34-23(26)27/h3-10,23H,11H2,1-2H3,(H,28,33)(H,29,30). The molecule has 11 heteroatoms. The van der Waals surface area contributed by atoms with Gasteiger partial charge in [0.15, 0.2) is 0 Å². The third-order valence-corrected chi connectivity index (χ3v) is 5.50. The quantitative estimate of drug-likeness (QED) is 0.354. The van der Waals surface area contributed by atoms with E-state index in [1.807, 2.05) is 0 Å². The van der Waals surface area contributed by atoms with Crippen LogP contribution in [0.2, 0.25) is 5.02 Å². The Bertz CT molecular complexity index is 1340. The molecule has 2 heterocycles. The van der Waals surface area contributed by atoms with Gasteiger partial charge >= 0.3 is 6.61 Å². The first-order valence-corrected chi connectivity index (χ1v) is 10.5. The van der Waals surface area contributed by atoms with Crippen LogP contribution in [0.5, 0.6) is 5.75 Å². The lowest BCUT2D eigenvalue weighted by Gasteiger charge is -2.08. The molecule has 0 atom stereocenters. The second-order valence-electron chi connectivity index (χ2n) is 7.46. The lowest BCUT2D eigenvalue weighted by molar-refractivity contribution is -0.0498. The summed E-state index contributed by atoms with van der Waals surface area (Å²) in [5, 5.41) is 14.4. The normalized spacial score (nSPS) is 11.1. The van der Waals surface area contributed by atoms with Crippen molar-refractivity contribution >= 4 is 23.2 Å². The minimum atomic E-state index is -2.91. The molecule has 0 spiro atoms. The van der Waals surface area contributed by atoms with Crippen LogP contribution in [0, 0.1) is 19.7 Å². The molecule has 0 fully saturated rings. The summed E-state index contributed by atoms with van der Waals surface area (Å²) < 4.78 is 43.9. The molecular weight excluding hydrogens is 471 g/mol. The summed E-state index contributed by atoms with van der Waals surface area (Å²) in [5.41, 5.74) is 3.80. The average Bonchev–Trinajstić information content (AvgIpc) is 3.37. The molecule has 0 aliphatic carbocycles. The number of aryl methyl sites for hydroxylation is 1. The molecular formula is C23H19ClF3N5O2. The number of ether oxygens (including phenoxy) is 1. The number of alkyl halides is 2. The maximum atomic E-state index is 13.3. The molecule has 2 N–H and O–H groups in total. The van der Waals surface area contributed by atoms with Gasteiger partial charge in [0.05, 0.1) is 29.3 Å². The summed E-state index contributed by atoms with van der Waals surface area (Å²) in [6, 6.07) is 11.6. The molecule has 1 amide bonds. The summed E-state index contributed by atoms with van der Waals surface area (Å²) in [4.78, 5) is 12.8. The number of rotatable bonds is 7. The Hall–Kier alpha value is -3.79. The van der Waals surface area contributed by atoms with Crippen LogP contribution in [-0.4, -0.2) is 32.5 Å². The van der Waals surface area contributed by atoms with Gasteiger partial charge in [0.25, 0.3) is 5.91 Å². The van der Waals surface area contributed by atoms with Gasteiger partial charge in [-0.25, -0.2) is 4.39 Å². The summed E-state index contributed by atoms with van der Waals surface area (Å²) in [5.74, 6) is -0.828. The van der Waals surface area contributed by atoms with Crippen molar-refractivity contribution in [3.8, 4) is 17.0 Å². The Balaban J connectivity index is 1.48. The molecule has 0 radical (unpaired) electrons. The van der Waals surface area contributed by atoms with Gasteiger partial charge < -0.3 is 10.1 Å². The van der Waals surface area contributed by atoms with E-state index >= 15 is 0 Å². The molecule has 4 rings (SSSR count). The molecule has 4 aromatic rings. The van der Waals surface area contributed by atoms with Crippen LogP contribution in [0.25, 0.3) is 11.3 Å². The summed E-state index contributed by atoms with van der Waals surface area (Å²) in [6.45, 7) is 0.957. The predicted molar refractivity (Wildman–Crippen MR) is 121 cm³/mol. The minimum absolute atomic E-state index is 0.0251. The molecule has 0 saturated heterocycles. The van der Waals surface area contributed by atoms with Crippen LogP contribution < -0.4 is 10.1 Å². The van der Waals surface area contributed by atoms with Gasteiger partial charge in [-0.3, -0.25) is 14.6 Å². The highest BCUT2D eigenvalue weighted by Crippen LogP contribution is 2.25. The van der Waals surface area contributed by atoms with Gasteiger partial charge in [0.1, 0.15) is 17.3 Å². The van der Waals surface area contributed by atoms with Gasteiger partial charge in [-0.2, -0.15) is 19.0 Å². The van der Waals surface area contributed by atoms with Gasteiger partial charge in [-0.15, -0.1) is 0 Å². The monoisotopic (exact) mass is 489 g/mol. The highest BCUT2D eigenvalue weighted by molar-refractivity contribution is 6.31. The molecule has 0 bridgehead atoms. The van der Waals surface area contributed by atoms with Crippen LogP contribution >= 0.6 is 11.6 Å². The lowest BCUT2D eigenvalue weighted by atomic mass is 10.1. The van der Waals surface area contributed by atoms with E-state index in [1.165, 1.54) is 24.3 Å². The average molecular weight is 490 g/mol. The first kappa shape index (κ1) is 23.4. The largest absolute Gasteiger partial charge is 0.435 e. The second-order valence-corrected chi connectivity index (χ2v) is 7.87. The Morgan fingerprint density at radius 2 is 1.91 bits per heavy atom. The highest BCUT2D eigenvalue weighted by atomic mass is 35.5. The number of carbonyl (C=O) groups is 1. The van der Waals surface area contributed by atoms with E-state index in [2.05, 4.69) is 25.3 Å². The fraction of sp³-hybridized carbons (Fsp3) is 0.174. The fourth-order valence-electron chi connectivity index (χ4n) is 3.42. The van der Waals surface area contributed by atoms with E-state index < -0.39 is 18.3 Å². The summed E-state index contributed by atoms with van der Waals surface area (Å²) in [7, 11) is 0. The lowest BCUT2D eigenvalue weighted by Crippen LogP contribution is -2.14. The maximum Gasteiger partial charge on any atom is 0.387 e. The molecule has 0 aliphatic heterocycles. The van der Waals surface area contributed by atoms with E-state index in [4.69, 9.17) is 11.6 Å². The Kier molecular flexibility index (Phi) is 6.60. The molecule has 2 aromatic carbocycles. The van der Waals surface area contributed by atoms with E-state index in [0.717, 1.165) is 0 Å². The van der Waals surface area contributed by atoms with Crippen LogP contribution in [0.15, 0.2) is 48.5 Å². The van der Waals surface area contributed by atoms with Crippen molar-refractivity contribution in [2.75, 3.05) is 5.32 Å². The molecule has 34 heavy (non-hydrogen) atoms. The van der Waals surface area contributed by atoms with Gasteiger partial charge in [-0.05, 0) is 61.9 Å². The molecule has 0 aliphatic rings. The smallest absolute Gasteiger partial charge is 0.387 e. The third-order valence-electron chi connectivity index (χ3n) is 5.15. The fourth-order valence-corrected chi connectivity index (χ4v) is 3.64. The number of hydrogen-bond donors (Lipinski definition) is 2. The number of nitrogens with zero attached hydrogens (tertiary/aromatic N) is 3. The Morgan fingerprint density at radius 3 is 2.59 bits per heavy atom. The van der Waals surface area contributed by atoms with Crippen LogP contribution in [0.1, 0.15) is 27.4 Å². The second kappa shape index (κ2) is 9.60. The maximum absolute atomic E-state index is 13.3. The number of nitrogens with one attached hydrogen (secondary N) is 2. The van der Waals surface area contributed by atoms with E-state index in [1.54, 1.807) is 42.8 Å². The van der Waals surface area contributed by atoms with Crippen molar-refractivity contribution < 1.29 is 22.7 Å². The molecule has 176 valence electrons. The summed E-state index contributed by atoms with van der Waals surface area (Å²) >= 11 is 6.12. The zero-order chi connectivity index (χ0) is 24.4. The van der Waals surface area contributed by atoms with E-state index in [-0.39, 0.29) is 16.5 Å². The number of anilines is 1. The first-order valence-electron chi connectivity index (χ1n) is 10.1. The number of hydrogen-bond acceptors (Lipinski definition) is 4. The van der Waals surface area contributed by atoms with E-state index in [0.29, 0.717) is 40.4 Å². The summed E-state index contributed by atoms with van der Waals surface area (Å²) in [6.07, 6.45) is 0. The number of H-pyrrole nitrogens is 1. The number of aromatic amines is 1. The van der Waals surface area contributed by atoms with Crippen molar-refractivity contribution in [1.29, 1.82) is 0 Å². The van der Waals surface area contributed by atoms with Crippen LogP contribution in [0.4, 0.5) is 18.9 Å². The van der Waals surface area contributed by atoms with Crippen molar-refractivity contribution in [2.24, 2.45) is 0 Å². The molecule has 0 saturated carbocycles. The van der Waals surface area contributed by atoms with E-state index in [9.17, 15) is 18.0 Å². The van der Waals surface area contributed by atoms with Gasteiger partial charge in [-0.1, -0.05) is 17.7 Å². The molecule has 2 aromatic heterocycles. The number of halogens is 4. The van der Waals surface area contributed by atoms with Gasteiger partial charge in [0, 0.05) is 10.6 Å². The van der Waals surface area contributed by atoms with Crippen molar-refractivity contribution in [2.45, 2.75) is 27.0 Å². The zero-order valence-electron chi connectivity index (χ0n) is 18.1. The third kappa shape index (κ3) is 5.07. The van der Waals surface area contributed by atoms with Crippen molar-refractivity contribution in [3.05, 3.63) is 82.0 Å². The topological polar surface area (TPSA) is 84.8 Å². The van der Waals surface area contributed by atoms with Crippen molar-refractivity contribution in [3.63, 3.8) is 0 Å². The number of carbonyl (C=O) groups excluding carboxylic acids is 1. The molecule has 7 nitrogen and oxygen atoms in total. The Morgan fingerprint density at radius 1 is 1.18 bits per heavy atom. The first-order chi connectivity index (χ1) is 16.2. The van der Waals surface area contributed by atoms with Gasteiger partial charge in [0.2, 0.25) is 0 Å².